The van der Waals surface area contributed by atoms with Gasteiger partial charge in [0.15, 0.2) is 0 Å². The number of benzene rings is 2. The Morgan fingerprint density at radius 1 is 1.05 bits per heavy atom. The maximum Gasteiger partial charge on any atom is 0.144 e. The first-order valence-electron chi connectivity index (χ1n) is 6.76. The van der Waals surface area contributed by atoms with Gasteiger partial charge >= 0.3 is 0 Å². The summed E-state index contributed by atoms with van der Waals surface area (Å²) in [5.41, 5.74) is 0.111. The molecule has 0 saturated heterocycles. The van der Waals surface area contributed by atoms with Crippen molar-refractivity contribution >= 4 is 15.9 Å². The largest absolute Gasteiger partial charge is 0.456 e. The first kappa shape index (κ1) is 16.9. The molecule has 0 atom stereocenters. The predicted molar refractivity (Wildman–Crippen MR) is 85.3 cm³/mol. The van der Waals surface area contributed by atoms with E-state index in [1.165, 1.54) is 38.1 Å². The van der Waals surface area contributed by atoms with Crippen LogP contribution in [-0.4, -0.2) is 5.11 Å². The van der Waals surface area contributed by atoms with Crippen LogP contribution in [0, 0.1) is 25.5 Å². The molecule has 0 aliphatic rings. The van der Waals surface area contributed by atoms with E-state index < -0.39 is 11.4 Å². The molecule has 1 N–H and O–H groups in total. The lowest BCUT2D eigenvalue weighted by molar-refractivity contribution is 0.0744. The molecule has 0 saturated carbocycles. The third-order valence-electron chi connectivity index (χ3n) is 3.32. The molecule has 0 amide bonds. The molecule has 0 aromatic heterocycles. The molecule has 0 spiro atoms. The molecule has 0 fully saturated rings. The van der Waals surface area contributed by atoms with Crippen molar-refractivity contribution in [2.24, 2.45) is 0 Å². The van der Waals surface area contributed by atoms with Crippen molar-refractivity contribution in [2.75, 3.05) is 0 Å². The van der Waals surface area contributed by atoms with Crippen LogP contribution in [0.2, 0.25) is 0 Å². The Bertz CT molecular complexity index is 698. The molecule has 0 unspecified atom stereocenters. The van der Waals surface area contributed by atoms with Crippen molar-refractivity contribution in [1.29, 1.82) is 0 Å². The van der Waals surface area contributed by atoms with E-state index in [9.17, 15) is 13.9 Å². The van der Waals surface area contributed by atoms with Crippen molar-refractivity contribution in [1.82, 2.24) is 0 Å². The first-order chi connectivity index (χ1) is 10.1. The number of halogens is 3. The van der Waals surface area contributed by atoms with Crippen LogP contribution >= 0.6 is 15.9 Å². The van der Waals surface area contributed by atoms with E-state index in [1.54, 1.807) is 13.8 Å². The van der Waals surface area contributed by atoms with Gasteiger partial charge in [0.05, 0.1) is 10.1 Å². The summed E-state index contributed by atoms with van der Waals surface area (Å²) in [6.07, 6.45) is 0. The molecule has 2 rings (SSSR count). The molecule has 2 aromatic carbocycles. The molecular formula is C17H17BrF2O2. The van der Waals surface area contributed by atoms with Gasteiger partial charge < -0.3 is 9.84 Å². The zero-order valence-electron chi connectivity index (χ0n) is 12.8. The Balaban J connectivity index is 2.46. The van der Waals surface area contributed by atoms with Gasteiger partial charge in [-0.25, -0.2) is 8.78 Å². The van der Waals surface area contributed by atoms with Crippen molar-refractivity contribution in [3.8, 4) is 11.5 Å². The third kappa shape index (κ3) is 3.47. The van der Waals surface area contributed by atoms with Crippen LogP contribution < -0.4 is 4.74 Å². The second kappa shape index (κ2) is 5.97. The molecule has 0 aliphatic heterocycles. The second-order valence-corrected chi connectivity index (χ2v) is 6.65. The Kier molecular flexibility index (Phi) is 4.59. The second-order valence-electron chi connectivity index (χ2n) is 5.79. The predicted octanol–water partition coefficient (Wildman–Crippen LogP) is 5.36. The van der Waals surface area contributed by atoms with E-state index in [0.29, 0.717) is 21.3 Å². The smallest absolute Gasteiger partial charge is 0.144 e. The summed E-state index contributed by atoms with van der Waals surface area (Å²) in [7, 11) is 0. The van der Waals surface area contributed by atoms with Crippen LogP contribution in [0.3, 0.4) is 0 Å². The van der Waals surface area contributed by atoms with E-state index in [4.69, 9.17) is 4.74 Å². The Morgan fingerprint density at radius 2 is 1.59 bits per heavy atom. The summed E-state index contributed by atoms with van der Waals surface area (Å²) >= 11 is 3.32. The highest BCUT2D eigenvalue weighted by molar-refractivity contribution is 9.10. The van der Waals surface area contributed by atoms with Gasteiger partial charge in [0, 0.05) is 11.6 Å². The highest BCUT2D eigenvalue weighted by Gasteiger charge is 2.23. The first-order valence-corrected chi connectivity index (χ1v) is 7.55. The SMILES string of the molecule is Cc1cc(F)cc(C)c1Oc1cc(F)c(C(C)(C)O)cc1Br. The van der Waals surface area contributed by atoms with Gasteiger partial charge in [0.25, 0.3) is 0 Å². The highest BCUT2D eigenvalue weighted by Crippen LogP contribution is 2.37. The summed E-state index contributed by atoms with van der Waals surface area (Å²) < 4.78 is 33.7. The molecule has 118 valence electrons. The van der Waals surface area contributed by atoms with Gasteiger partial charge in [-0.05, 0) is 73.0 Å². The standard InChI is InChI=1S/C17H17BrF2O2/c1-9-5-11(19)6-10(2)16(9)22-15-8-14(20)12(7-13(15)18)17(3,4)21/h5-8,21H,1-4H3. The van der Waals surface area contributed by atoms with Crippen LogP contribution in [0.15, 0.2) is 28.7 Å². The van der Waals surface area contributed by atoms with Gasteiger partial charge in [-0.1, -0.05) is 0 Å². The van der Waals surface area contributed by atoms with Gasteiger partial charge in [-0.2, -0.15) is 0 Å². The van der Waals surface area contributed by atoms with Crippen LogP contribution in [0.25, 0.3) is 0 Å². The number of rotatable bonds is 3. The Labute approximate surface area is 136 Å². The monoisotopic (exact) mass is 370 g/mol. The molecule has 2 aromatic rings. The van der Waals surface area contributed by atoms with Crippen molar-refractivity contribution in [3.05, 3.63) is 57.1 Å². The van der Waals surface area contributed by atoms with E-state index in [0.717, 1.165) is 0 Å². The molecule has 22 heavy (non-hydrogen) atoms. The van der Waals surface area contributed by atoms with Gasteiger partial charge in [-0.15, -0.1) is 0 Å². The molecule has 0 aliphatic carbocycles. The Morgan fingerprint density at radius 3 is 2.09 bits per heavy atom. The van der Waals surface area contributed by atoms with E-state index in [2.05, 4.69) is 15.9 Å². The minimum Gasteiger partial charge on any atom is -0.456 e. The quantitative estimate of drug-likeness (QED) is 0.787. The summed E-state index contributed by atoms with van der Waals surface area (Å²) in [5, 5.41) is 9.95. The maximum absolute atomic E-state index is 14.2. The molecular weight excluding hydrogens is 354 g/mol. The Hall–Kier alpha value is -1.46. The summed E-state index contributed by atoms with van der Waals surface area (Å²) in [6.45, 7) is 6.46. The maximum atomic E-state index is 14.2. The molecule has 0 heterocycles. The lowest BCUT2D eigenvalue weighted by Gasteiger charge is -2.20. The minimum absolute atomic E-state index is 0.166. The fourth-order valence-electron chi connectivity index (χ4n) is 2.24. The normalized spacial score (nSPS) is 11.6. The third-order valence-corrected chi connectivity index (χ3v) is 3.94. The summed E-state index contributed by atoms with van der Waals surface area (Å²) in [6, 6.07) is 5.41. The van der Waals surface area contributed by atoms with Crippen molar-refractivity contribution in [3.63, 3.8) is 0 Å². The highest BCUT2D eigenvalue weighted by atomic mass is 79.9. The number of hydrogen-bond donors (Lipinski definition) is 1. The van der Waals surface area contributed by atoms with Gasteiger partial charge in [-0.3, -0.25) is 0 Å². The molecule has 0 bridgehead atoms. The zero-order chi connectivity index (χ0) is 16.7. The molecule has 2 nitrogen and oxygen atoms in total. The van der Waals surface area contributed by atoms with Crippen LogP contribution in [0.4, 0.5) is 8.78 Å². The number of aryl methyl sites for hydroxylation is 2. The van der Waals surface area contributed by atoms with Crippen LogP contribution in [0.5, 0.6) is 11.5 Å². The molecule has 5 heteroatoms. The van der Waals surface area contributed by atoms with Gasteiger partial charge in [0.2, 0.25) is 0 Å². The topological polar surface area (TPSA) is 29.5 Å². The number of ether oxygens (including phenoxy) is 1. The van der Waals surface area contributed by atoms with E-state index in [-0.39, 0.29) is 17.1 Å². The van der Waals surface area contributed by atoms with Crippen molar-refractivity contribution < 1.29 is 18.6 Å². The molecule has 0 radical (unpaired) electrons. The van der Waals surface area contributed by atoms with Crippen LogP contribution in [-0.2, 0) is 5.60 Å². The average Bonchev–Trinajstić information content (AvgIpc) is 2.35. The van der Waals surface area contributed by atoms with Crippen molar-refractivity contribution in [2.45, 2.75) is 33.3 Å². The number of hydrogen-bond acceptors (Lipinski definition) is 2. The van der Waals surface area contributed by atoms with Crippen LogP contribution in [0.1, 0.15) is 30.5 Å². The number of aliphatic hydroxyl groups is 1. The lowest BCUT2D eigenvalue weighted by Crippen LogP contribution is -2.17. The zero-order valence-corrected chi connectivity index (χ0v) is 14.4. The fraction of sp³-hybridized carbons (Fsp3) is 0.294. The van der Waals surface area contributed by atoms with E-state index >= 15 is 0 Å². The van der Waals surface area contributed by atoms with E-state index in [1.807, 2.05) is 0 Å². The lowest BCUT2D eigenvalue weighted by atomic mass is 9.98. The van der Waals surface area contributed by atoms with Gasteiger partial charge in [0.1, 0.15) is 23.1 Å². The average molecular weight is 371 g/mol. The minimum atomic E-state index is -1.30. The fourth-order valence-corrected chi connectivity index (χ4v) is 2.67. The summed E-state index contributed by atoms with van der Waals surface area (Å²) in [5.74, 6) is -0.158. The summed E-state index contributed by atoms with van der Waals surface area (Å²) in [4.78, 5) is 0.